The van der Waals surface area contributed by atoms with Crippen LogP contribution in [0.5, 0.6) is 0 Å². The summed E-state index contributed by atoms with van der Waals surface area (Å²) in [5.41, 5.74) is 1.90. The lowest BCUT2D eigenvalue weighted by Gasteiger charge is -2.38. The monoisotopic (exact) mass is 516 g/mol. The van der Waals surface area contributed by atoms with Crippen molar-refractivity contribution in [3.63, 3.8) is 0 Å². The Morgan fingerprint density at radius 2 is 2.03 bits per heavy atom. The summed E-state index contributed by atoms with van der Waals surface area (Å²) in [7, 11) is 0. The topological polar surface area (TPSA) is 62.9 Å². The van der Waals surface area contributed by atoms with Gasteiger partial charge in [0.1, 0.15) is 18.5 Å². The molecule has 8 heteroatoms. The van der Waals surface area contributed by atoms with E-state index in [9.17, 15) is 4.39 Å². The molecule has 1 aromatic heterocycles. The van der Waals surface area contributed by atoms with Gasteiger partial charge < -0.3 is 19.5 Å². The van der Waals surface area contributed by atoms with Crippen LogP contribution in [0.15, 0.2) is 39.8 Å². The summed E-state index contributed by atoms with van der Waals surface area (Å²) in [6.07, 6.45) is -0.100. The van der Waals surface area contributed by atoms with Crippen molar-refractivity contribution >= 4 is 29.9 Å². The summed E-state index contributed by atoms with van der Waals surface area (Å²) in [6, 6.07) is 8.46. The van der Waals surface area contributed by atoms with Crippen LogP contribution < -0.4 is 5.32 Å². The molecule has 2 heterocycles. The van der Waals surface area contributed by atoms with Gasteiger partial charge in [-0.05, 0) is 37.5 Å². The van der Waals surface area contributed by atoms with Crippen LogP contribution in [-0.2, 0) is 11.3 Å². The van der Waals surface area contributed by atoms with Crippen molar-refractivity contribution in [2.24, 2.45) is 4.99 Å². The predicted octanol–water partition coefficient (Wildman–Crippen LogP) is 4.48. The Bertz CT molecular complexity index is 794. The van der Waals surface area contributed by atoms with Crippen LogP contribution in [-0.4, -0.2) is 41.8 Å². The Kier molecular flexibility index (Phi) is 8.88. The maximum absolute atomic E-state index is 13.3. The zero-order chi connectivity index (χ0) is 20.1. The normalized spacial score (nSPS) is 19.9. The van der Waals surface area contributed by atoms with Gasteiger partial charge in [-0.3, -0.25) is 0 Å². The van der Waals surface area contributed by atoms with Gasteiger partial charge in [-0.15, -0.1) is 24.0 Å². The number of morpholine rings is 1. The van der Waals surface area contributed by atoms with Gasteiger partial charge in [-0.25, -0.2) is 9.38 Å². The summed E-state index contributed by atoms with van der Waals surface area (Å²) < 4.78 is 24.7. The second-order valence-electron chi connectivity index (χ2n) is 7.43. The first-order valence-electron chi connectivity index (χ1n) is 9.86. The molecule has 2 aromatic rings. The quantitative estimate of drug-likeness (QED) is 0.361. The lowest BCUT2D eigenvalue weighted by molar-refractivity contribution is -0.0605. The number of ether oxygens (including phenoxy) is 1. The lowest BCUT2D eigenvalue weighted by Crippen LogP contribution is -2.50. The van der Waals surface area contributed by atoms with Crippen LogP contribution >= 0.6 is 24.0 Å². The van der Waals surface area contributed by atoms with E-state index in [-0.39, 0.29) is 42.0 Å². The minimum absolute atomic E-state index is 0. The molecule has 1 fully saturated rings. The van der Waals surface area contributed by atoms with Crippen LogP contribution in [0.3, 0.4) is 0 Å². The maximum atomic E-state index is 13.3. The van der Waals surface area contributed by atoms with E-state index in [4.69, 9.17) is 14.3 Å². The number of rotatable bonds is 5. The van der Waals surface area contributed by atoms with Gasteiger partial charge in [-0.2, -0.15) is 0 Å². The minimum atomic E-state index is -0.243. The van der Waals surface area contributed by atoms with Gasteiger partial charge in [0, 0.05) is 19.2 Å². The summed E-state index contributed by atoms with van der Waals surface area (Å²) in [6.45, 7) is 10.8. The first-order valence-corrected chi connectivity index (χ1v) is 9.86. The fraction of sp³-hybridized carbons (Fsp3) is 0.524. The number of nitrogens with one attached hydrogen (secondary N) is 1. The van der Waals surface area contributed by atoms with E-state index in [0.29, 0.717) is 19.0 Å². The van der Waals surface area contributed by atoms with E-state index < -0.39 is 0 Å². The van der Waals surface area contributed by atoms with E-state index >= 15 is 0 Å². The van der Waals surface area contributed by atoms with Crippen molar-refractivity contribution in [3.05, 3.63) is 53.2 Å². The van der Waals surface area contributed by atoms with Gasteiger partial charge in [0.25, 0.3) is 0 Å². The minimum Gasteiger partial charge on any atom is -0.367 e. The first kappa shape index (κ1) is 23.6. The fourth-order valence-corrected chi connectivity index (χ4v) is 3.24. The molecule has 1 aliphatic rings. The van der Waals surface area contributed by atoms with Crippen LogP contribution in [0, 0.1) is 5.82 Å². The van der Waals surface area contributed by atoms with Crippen molar-refractivity contribution in [1.82, 2.24) is 15.4 Å². The second-order valence-corrected chi connectivity index (χ2v) is 7.43. The highest BCUT2D eigenvalue weighted by molar-refractivity contribution is 14.0. The number of benzene rings is 1. The van der Waals surface area contributed by atoms with E-state index in [1.807, 2.05) is 19.9 Å². The molecule has 2 atom stereocenters. The van der Waals surface area contributed by atoms with Crippen LogP contribution in [0.1, 0.15) is 56.7 Å². The molecule has 6 nitrogen and oxygen atoms in total. The Hall–Kier alpha value is -1.68. The molecule has 1 aliphatic heterocycles. The Labute approximate surface area is 188 Å². The van der Waals surface area contributed by atoms with E-state index in [0.717, 1.165) is 36.1 Å². The average molecular weight is 516 g/mol. The number of hydrogen-bond acceptors (Lipinski definition) is 4. The number of nitrogens with zero attached hydrogens (tertiary/aromatic N) is 3. The van der Waals surface area contributed by atoms with E-state index in [2.05, 4.69) is 29.2 Å². The summed E-state index contributed by atoms with van der Waals surface area (Å²) in [5.74, 6) is 1.64. The molecule has 29 heavy (non-hydrogen) atoms. The highest BCUT2D eigenvalue weighted by atomic mass is 127. The number of guanidine groups is 1. The van der Waals surface area contributed by atoms with Crippen molar-refractivity contribution in [3.8, 4) is 0 Å². The van der Waals surface area contributed by atoms with Crippen molar-refractivity contribution in [1.29, 1.82) is 0 Å². The standard InChI is InChI=1S/C21H29FN4O2.HI/c1-5-23-21(24-11-18-10-19(14(2)3)25-28-18)26-12-15(4)27-20(13-26)16-6-8-17(22)9-7-16;/h6-10,14-15,20H,5,11-13H2,1-4H3,(H,23,24);1H. The number of halogens is 2. The molecule has 0 saturated carbocycles. The third kappa shape index (κ3) is 6.40. The van der Waals surface area contributed by atoms with Gasteiger partial charge in [-0.1, -0.05) is 31.1 Å². The van der Waals surface area contributed by atoms with E-state index in [1.165, 1.54) is 12.1 Å². The first-order chi connectivity index (χ1) is 13.5. The summed E-state index contributed by atoms with van der Waals surface area (Å²) in [4.78, 5) is 6.92. The molecule has 0 bridgehead atoms. The predicted molar refractivity (Wildman–Crippen MR) is 122 cm³/mol. The van der Waals surface area contributed by atoms with Crippen molar-refractivity contribution < 1.29 is 13.7 Å². The molecule has 160 valence electrons. The Morgan fingerprint density at radius 1 is 1.31 bits per heavy atom. The largest absolute Gasteiger partial charge is 0.367 e. The second kappa shape index (κ2) is 10.9. The molecular weight excluding hydrogens is 486 g/mol. The fourth-order valence-electron chi connectivity index (χ4n) is 3.24. The zero-order valence-corrected chi connectivity index (χ0v) is 19.7. The van der Waals surface area contributed by atoms with Crippen molar-refractivity contribution in [2.45, 2.75) is 52.4 Å². The number of aliphatic imine (C=N–C) groups is 1. The van der Waals surface area contributed by atoms with Crippen molar-refractivity contribution in [2.75, 3.05) is 19.6 Å². The van der Waals surface area contributed by atoms with Gasteiger partial charge >= 0.3 is 0 Å². The Balaban J connectivity index is 0.00000300. The van der Waals surface area contributed by atoms with Gasteiger partial charge in [0.2, 0.25) is 0 Å². The molecule has 1 N–H and O–H groups in total. The highest BCUT2D eigenvalue weighted by Crippen LogP contribution is 2.25. The van der Waals surface area contributed by atoms with Gasteiger partial charge in [0.15, 0.2) is 11.7 Å². The summed E-state index contributed by atoms with van der Waals surface area (Å²) in [5, 5.41) is 7.45. The molecule has 0 aliphatic carbocycles. The smallest absolute Gasteiger partial charge is 0.194 e. The highest BCUT2D eigenvalue weighted by Gasteiger charge is 2.28. The molecule has 1 saturated heterocycles. The molecule has 0 radical (unpaired) electrons. The molecular formula is C21H30FIN4O2. The molecule has 2 unspecified atom stereocenters. The lowest BCUT2D eigenvalue weighted by atomic mass is 10.1. The average Bonchev–Trinajstić information content (AvgIpc) is 3.14. The molecule has 3 rings (SSSR count). The maximum Gasteiger partial charge on any atom is 0.194 e. The third-order valence-corrected chi connectivity index (χ3v) is 4.69. The van der Waals surface area contributed by atoms with Crippen LogP contribution in [0.25, 0.3) is 0 Å². The van der Waals surface area contributed by atoms with Gasteiger partial charge in [0.05, 0.1) is 18.3 Å². The van der Waals surface area contributed by atoms with Crippen LogP contribution in [0.4, 0.5) is 4.39 Å². The van der Waals surface area contributed by atoms with Crippen LogP contribution in [0.2, 0.25) is 0 Å². The molecule has 1 aromatic carbocycles. The Morgan fingerprint density at radius 3 is 2.66 bits per heavy atom. The molecule has 0 spiro atoms. The SMILES string of the molecule is CCNC(=NCc1cc(C(C)C)no1)N1CC(C)OC(c2ccc(F)cc2)C1.I. The number of aromatic nitrogens is 1. The zero-order valence-electron chi connectivity index (χ0n) is 17.4. The summed E-state index contributed by atoms with van der Waals surface area (Å²) >= 11 is 0. The molecule has 0 amide bonds. The third-order valence-electron chi connectivity index (χ3n) is 4.69. The van der Waals surface area contributed by atoms with E-state index in [1.54, 1.807) is 12.1 Å². The number of hydrogen-bond donors (Lipinski definition) is 1.